The minimum atomic E-state index is -6.00. The Balaban J connectivity index is 0.000000654. The van der Waals surface area contributed by atoms with Gasteiger partial charge in [-0.05, 0) is 24.3 Å². The molecule has 0 bridgehead atoms. The molecule has 1 unspecified atom stereocenters. The van der Waals surface area contributed by atoms with E-state index in [1.807, 2.05) is 0 Å². The maximum absolute atomic E-state index is 9.75. The second kappa shape index (κ2) is 14.2. The van der Waals surface area contributed by atoms with Gasteiger partial charge in [0.25, 0.3) is 0 Å². The summed E-state index contributed by atoms with van der Waals surface area (Å²) in [4.78, 5) is 4.00. The van der Waals surface area contributed by atoms with E-state index in [0.29, 0.717) is 0 Å². The normalized spacial score (nSPS) is 15.8. The fourth-order valence-electron chi connectivity index (χ4n) is 4.15. The van der Waals surface area contributed by atoms with Gasteiger partial charge in [0, 0.05) is 5.39 Å². The molecule has 0 radical (unpaired) electrons. The van der Waals surface area contributed by atoms with Gasteiger partial charge in [-0.15, -0.1) is 0 Å². The standard InChI is InChI=1S/C25H36N2.BF4/c1-2-3-4-5-6-7-8-9-10-13-19-26-20-21-27(22-26)25-18-14-16-23-15-11-12-17-24(23)25;2-1(3,4)5/h11-12,14-18,20-21H,2-10,13,19,22H2,1H3;/q;-1/p+1. The van der Waals surface area contributed by atoms with Crippen LogP contribution in [0.1, 0.15) is 71.1 Å². The predicted octanol–water partition coefficient (Wildman–Crippen LogP) is 7.19. The molecule has 2 aromatic rings. The highest BCUT2D eigenvalue weighted by molar-refractivity contribution is 6.50. The number of hydrogen-bond acceptors (Lipinski definition) is 1. The van der Waals surface area contributed by atoms with Gasteiger partial charge in [0.15, 0.2) is 6.67 Å². The molecule has 0 amide bonds. The van der Waals surface area contributed by atoms with E-state index >= 15 is 0 Å². The lowest BCUT2D eigenvalue weighted by molar-refractivity contribution is -0.840. The summed E-state index contributed by atoms with van der Waals surface area (Å²) in [5, 5.41) is 2.68. The van der Waals surface area contributed by atoms with E-state index in [9.17, 15) is 17.3 Å². The molecule has 178 valence electrons. The molecule has 0 aromatic heterocycles. The molecule has 0 spiro atoms. The topological polar surface area (TPSA) is 7.68 Å². The van der Waals surface area contributed by atoms with Crippen LogP contribution in [0.5, 0.6) is 0 Å². The number of nitrogens with one attached hydrogen (secondary N) is 1. The molecule has 1 aliphatic heterocycles. The van der Waals surface area contributed by atoms with Crippen LogP contribution >= 0.6 is 0 Å². The van der Waals surface area contributed by atoms with Gasteiger partial charge < -0.3 is 17.3 Å². The first kappa shape index (κ1) is 26.2. The fraction of sp³-hybridized carbons (Fsp3) is 0.520. The summed E-state index contributed by atoms with van der Waals surface area (Å²) in [7, 11) is -6.00. The number of benzene rings is 2. The number of quaternary nitrogens is 1. The van der Waals surface area contributed by atoms with Crippen LogP contribution in [0.2, 0.25) is 0 Å². The first-order valence-corrected chi connectivity index (χ1v) is 12.0. The highest BCUT2D eigenvalue weighted by Gasteiger charge is 2.21. The molecule has 7 heteroatoms. The monoisotopic (exact) mass is 452 g/mol. The van der Waals surface area contributed by atoms with Crippen molar-refractivity contribution < 1.29 is 22.2 Å². The summed E-state index contributed by atoms with van der Waals surface area (Å²) < 4.78 is 39.0. The van der Waals surface area contributed by atoms with Crippen molar-refractivity contribution >= 4 is 23.7 Å². The van der Waals surface area contributed by atoms with Gasteiger partial charge >= 0.3 is 7.25 Å². The van der Waals surface area contributed by atoms with E-state index in [0.717, 1.165) is 6.67 Å². The molecule has 2 aromatic carbocycles. The van der Waals surface area contributed by atoms with E-state index < -0.39 is 7.25 Å². The number of unbranched alkanes of at least 4 members (excludes halogenated alkanes) is 9. The average Bonchev–Trinajstić information content (AvgIpc) is 3.22. The zero-order chi connectivity index (χ0) is 23.2. The Morgan fingerprint density at radius 2 is 1.34 bits per heavy atom. The van der Waals surface area contributed by atoms with Crippen molar-refractivity contribution in [3.8, 4) is 0 Å². The zero-order valence-corrected chi connectivity index (χ0v) is 19.2. The van der Waals surface area contributed by atoms with E-state index in [1.165, 1.54) is 87.2 Å². The third kappa shape index (κ3) is 10.5. The maximum Gasteiger partial charge on any atom is 0.673 e. The number of hydrogen-bond donors (Lipinski definition) is 1. The molecule has 1 heterocycles. The molecule has 0 saturated carbocycles. The van der Waals surface area contributed by atoms with Crippen LogP contribution in [0.4, 0.5) is 23.0 Å². The second-order valence-corrected chi connectivity index (χ2v) is 8.53. The first-order chi connectivity index (χ1) is 15.4. The lowest BCUT2D eigenvalue weighted by Crippen LogP contribution is -3.07. The predicted molar refractivity (Wildman–Crippen MR) is 128 cm³/mol. The van der Waals surface area contributed by atoms with Crippen LogP contribution in [0.15, 0.2) is 54.9 Å². The van der Waals surface area contributed by atoms with Crippen molar-refractivity contribution in [1.29, 1.82) is 0 Å². The van der Waals surface area contributed by atoms with E-state index in [1.54, 1.807) is 4.90 Å². The first-order valence-electron chi connectivity index (χ1n) is 12.0. The van der Waals surface area contributed by atoms with Crippen LogP contribution in [-0.4, -0.2) is 20.5 Å². The van der Waals surface area contributed by atoms with Crippen LogP contribution < -0.4 is 9.80 Å². The van der Waals surface area contributed by atoms with Crippen LogP contribution in [0.3, 0.4) is 0 Å². The van der Waals surface area contributed by atoms with E-state index in [2.05, 4.69) is 66.7 Å². The fourth-order valence-corrected chi connectivity index (χ4v) is 4.15. The van der Waals surface area contributed by atoms with E-state index in [-0.39, 0.29) is 0 Å². The summed E-state index contributed by atoms with van der Waals surface area (Å²) in [6, 6.07) is 15.3. The SMILES string of the molecule is CCCCCCCCCCCC[NH+]1C=CN(c2cccc3ccccc23)C1.F[B-](F)(F)F. The van der Waals surface area contributed by atoms with Crippen LogP contribution in [0.25, 0.3) is 10.8 Å². The molecule has 1 atom stereocenters. The Morgan fingerprint density at radius 3 is 2.00 bits per heavy atom. The average molecular weight is 452 g/mol. The van der Waals surface area contributed by atoms with Gasteiger partial charge in [-0.1, -0.05) is 94.7 Å². The molecule has 2 nitrogen and oxygen atoms in total. The van der Waals surface area contributed by atoms with Crippen molar-refractivity contribution in [2.24, 2.45) is 0 Å². The largest absolute Gasteiger partial charge is 0.673 e. The van der Waals surface area contributed by atoms with E-state index in [4.69, 9.17) is 0 Å². The molecule has 32 heavy (non-hydrogen) atoms. The Morgan fingerprint density at radius 1 is 0.781 bits per heavy atom. The minimum absolute atomic E-state index is 1.06. The van der Waals surface area contributed by atoms with Gasteiger partial charge in [0.2, 0.25) is 0 Å². The Hall–Kier alpha value is -2.02. The molecule has 3 rings (SSSR count). The number of rotatable bonds is 12. The molecular weight excluding hydrogens is 415 g/mol. The Kier molecular flexibility index (Phi) is 11.6. The maximum atomic E-state index is 9.75. The summed E-state index contributed by atoms with van der Waals surface area (Å²) in [5.74, 6) is 0. The van der Waals surface area contributed by atoms with Crippen molar-refractivity contribution in [3.63, 3.8) is 0 Å². The number of fused-ring (bicyclic) bond motifs is 1. The molecule has 0 fully saturated rings. The number of anilines is 1. The zero-order valence-electron chi connectivity index (χ0n) is 19.2. The lowest BCUT2D eigenvalue weighted by atomic mass is 10.1. The quantitative estimate of drug-likeness (QED) is 0.203. The van der Waals surface area contributed by atoms with Crippen molar-refractivity contribution in [2.75, 3.05) is 18.1 Å². The highest BCUT2D eigenvalue weighted by atomic mass is 19.5. The Bertz CT molecular complexity index is 799. The lowest BCUT2D eigenvalue weighted by Gasteiger charge is -2.19. The summed E-state index contributed by atoms with van der Waals surface area (Å²) in [6.45, 7) is 4.61. The smallest absolute Gasteiger partial charge is 0.418 e. The number of nitrogens with zero attached hydrogens (tertiary/aromatic N) is 1. The molecule has 0 saturated heterocycles. The molecule has 1 N–H and O–H groups in total. The summed E-state index contributed by atoms with van der Waals surface area (Å²) in [5.41, 5.74) is 1.34. The number of halogens is 4. The molecular formula is C25H37BF4N2. The van der Waals surface area contributed by atoms with Gasteiger partial charge in [0.05, 0.1) is 18.4 Å². The minimum Gasteiger partial charge on any atom is -0.418 e. The molecule has 1 aliphatic rings. The van der Waals surface area contributed by atoms with Gasteiger partial charge in [-0.3, -0.25) is 9.80 Å². The van der Waals surface area contributed by atoms with Gasteiger partial charge in [-0.25, -0.2) is 0 Å². The van der Waals surface area contributed by atoms with Crippen LogP contribution in [0, 0.1) is 0 Å². The highest BCUT2D eigenvalue weighted by Crippen LogP contribution is 2.26. The third-order valence-electron chi connectivity index (χ3n) is 5.79. The summed E-state index contributed by atoms with van der Waals surface area (Å²) >= 11 is 0. The van der Waals surface area contributed by atoms with Gasteiger partial charge in [-0.2, -0.15) is 0 Å². The van der Waals surface area contributed by atoms with Gasteiger partial charge in [0.1, 0.15) is 6.20 Å². The van der Waals surface area contributed by atoms with Crippen molar-refractivity contribution in [1.82, 2.24) is 0 Å². The van der Waals surface area contributed by atoms with Crippen molar-refractivity contribution in [2.45, 2.75) is 71.1 Å². The summed E-state index contributed by atoms with van der Waals surface area (Å²) in [6.07, 6.45) is 18.7. The van der Waals surface area contributed by atoms with Crippen molar-refractivity contribution in [3.05, 3.63) is 54.9 Å². The second-order valence-electron chi connectivity index (χ2n) is 8.53. The molecule has 0 aliphatic carbocycles. The Labute approximate surface area is 190 Å². The van der Waals surface area contributed by atoms with Crippen LogP contribution in [-0.2, 0) is 0 Å². The third-order valence-corrected chi connectivity index (χ3v) is 5.79.